The zero-order chi connectivity index (χ0) is 13.1. The van der Waals surface area contributed by atoms with E-state index in [1.165, 1.54) is 32.1 Å². The molecule has 2 heterocycles. The van der Waals surface area contributed by atoms with Crippen molar-refractivity contribution >= 4 is 0 Å². The largest absolute Gasteiger partial charge is 0.378 e. The number of rotatable bonds is 3. The van der Waals surface area contributed by atoms with E-state index < -0.39 is 0 Å². The van der Waals surface area contributed by atoms with Crippen LogP contribution in [0.25, 0.3) is 0 Å². The van der Waals surface area contributed by atoms with Gasteiger partial charge in [-0.1, -0.05) is 31.3 Å². The molecule has 3 rings (SSSR count). The molecule has 19 heavy (non-hydrogen) atoms. The number of nitrogens with zero attached hydrogens (tertiary/aromatic N) is 2. The molecule has 1 saturated carbocycles. The Kier molecular flexibility index (Phi) is 4.13. The maximum Gasteiger partial charge on any atom is 0.246 e. The Labute approximate surface area is 114 Å². The lowest BCUT2D eigenvalue weighted by atomic mass is 9.80. The molecular formula is C14H23N3O2. The fourth-order valence-corrected chi connectivity index (χ4v) is 3.17. The van der Waals surface area contributed by atoms with Crippen LogP contribution in [0.5, 0.6) is 0 Å². The van der Waals surface area contributed by atoms with Gasteiger partial charge in [0.1, 0.15) is 6.04 Å². The summed E-state index contributed by atoms with van der Waals surface area (Å²) in [6.07, 6.45) is 6.32. The molecule has 5 nitrogen and oxygen atoms in total. The van der Waals surface area contributed by atoms with Gasteiger partial charge < -0.3 is 14.6 Å². The fourth-order valence-electron chi connectivity index (χ4n) is 3.17. The molecule has 0 radical (unpaired) electrons. The van der Waals surface area contributed by atoms with Crippen molar-refractivity contribution in [3.63, 3.8) is 0 Å². The van der Waals surface area contributed by atoms with Crippen molar-refractivity contribution in [1.82, 2.24) is 15.5 Å². The lowest BCUT2D eigenvalue weighted by molar-refractivity contribution is 0.0659. The summed E-state index contributed by atoms with van der Waals surface area (Å²) < 4.78 is 10.9. The van der Waals surface area contributed by atoms with Gasteiger partial charge in [0.15, 0.2) is 5.82 Å². The van der Waals surface area contributed by atoms with Crippen LogP contribution >= 0.6 is 0 Å². The molecule has 0 aromatic carbocycles. The first-order valence-corrected chi connectivity index (χ1v) is 7.51. The van der Waals surface area contributed by atoms with Crippen LogP contribution in [0.4, 0.5) is 0 Å². The minimum atomic E-state index is 0.0700. The second kappa shape index (κ2) is 6.01. The summed E-state index contributed by atoms with van der Waals surface area (Å²) in [6.45, 7) is 4.52. The molecule has 2 aliphatic rings. The Morgan fingerprint density at radius 1 is 1.37 bits per heavy atom. The van der Waals surface area contributed by atoms with E-state index >= 15 is 0 Å². The van der Waals surface area contributed by atoms with Crippen molar-refractivity contribution in [2.75, 3.05) is 19.8 Å². The predicted molar refractivity (Wildman–Crippen MR) is 70.9 cm³/mol. The van der Waals surface area contributed by atoms with E-state index in [0.717, 1.165) is 24.9 Å². The van der Waals surface area contributed by atoms with Gasteiger partial charge in [-0.2, -0.15) is 4.98 Å². The average Bonchev–Trinajstić information content (AvgIpc) is 2.98. The van der Waals surface area contributed by atoms with Gasteiger partial charge in [0.05, 0.1) is 13.2 Å². The topological polar surface area (TPSA) is 60.2 Å². The van der Waals surface area contributed by atoms with Crippen molar-refractivity contribution in [2.24, 2.45) is 5.92 Å². The standard InChI is InChI=1S/C14H23N3O2/c1-2-10-4-3-5-11(8-10)13-16-14(19-17-13)12-9-18-7-6-15-12/h10-12,15H,2-9H2,1H3. The number of hydrogen-bond acceptors (Lipinski definition) is 5. The van der Waals surface area contributed by atoms with E-state index in [1.807, 2.05) is 0 Å². The minimum Gasteiger partial charge on any atom is -0.378 e. The molecule has 3 atom stereocenters. The summed E-state index contributed by atoms with van der Waals surface area (Å²) >= 11 is 0. The normalized spacial score (nSPS) is 32.4. The summed E-state index contributed by atoms with van der Waals surface area (Å²) in [7, 11) is 0. The zero-order valence-electron chi connectivity index (χ0n) is 11.6. The van der Waals surface area contributed by atoms with Crippen molar-refractivity contribution in [3.8, 4) is 0 Å². The van der Waals surface area contributed by atoms with E-state index in [-0.39, 0.29) is 6.04 Å². The SMILES string of the molecule is CCC1CCCC(c2noc(C3COCCN3)n2)C1. The fraction of sp³-hybridized carbons (Fsp3) is 0.857. The van der Waals surface area contributed by atoms with E-state index in [9.17, 15) is 0 Å². The first-order valence-electron chi connectivity index (χ1n) is 7.51. The third-order valence-corrected chi connectivity index (χ3v) is 4.40. The van der Waals surface area contributed by atoms with Gasteiger partial charge in [-0.05, 0) is 18.8 Å². The first-order chi connectivity index (χ1) is 9.36. The second-order valence-corrected chi connectivity index (χ2v) is 5.71. The van der Waals surface area contributed by atoms with Gasteiger partial charge in [0, 0.05) is 12.5 Å². The molecule has 0 bridgehead atoms. The lowest BCUT2D eigenvalue weighted by Gasteiger charge is -2.26. The summed E-state index contributed by atoms with van der Waals surface area (Å²) in [5.41, 5.74) is 0. The van der Waals surface area contributed by atoms with Gasteiger partial charge in [-0.3, -0.25) is 0 Å². The zero-order valence-corrected chi connectivity index (χ0v) is 11.6. The highest BCUT2D eigenvalue weighted by atomic mass is 16.5. The third kappa shape index (κ3) is 2.98. The van der Waals surface area contributed by atoms with Crippen LogP contribution in [0.1, 0.15) is 62.7 Å². The van der Waals surface area contributed by atoms with E-state index in [2.05, 4.69) is 22.4 Å². The Balaban J connectivity index is 1.66. The minimum absolute atomic E-state index is 0.0700. The third-order valence-electron chi connectivity index (χ3n) is 4.40. The van der Waals surface area contributed by atoms with Crippen molar-refractivity contribution in [1.29, 1.82) is 0 Å². The molecule has 0 amide bonds. The van der Waals surface area contributed by atoms with Crippen LogP contribution in [0, 0.1) is 5.92 Å². The molecule has 3 unspecified atom stereocenters. The monoisotopic (exact) mass is 265 g/mol. The van der Waals surface area contributed by atoms with Gasteiger partial charge in [0.25, 0.3) is 0 Å². The molecule has 0 spiro atoms. The Bertz CT molecular complexity index is 401. The van der Waals surface area contributed by atoms with Crippen LogP contribution < -0.4 is 5.32 Å². The van der Waals surface area contributed by atoms with Gasteiger partial charge in [0.2, 0.25) is 5.89 Å². The Hall–Kier alpha value is -0.940. The van der Waals surface area contributed by atoms with Crippen LogP contribution in [0.2, 0.25) is 0 Å². The molecule has 1 aromatic rings. The number of hydrogen-bond donors (Lipinski definition) is 1. The molecular weight excluding hydrogens is 242 g/mol. The molecule has 1 N–H and O–H groups in total. The molecule has 106 valence electrons. The Morgan fingerprint density at radius 2 is 2.32 bits per heavy atom. The highest BCUT2D eigenvalue weighted by Gasteiger charge is 2.28. The number of morpholine rings is 1. The molecule has 2 fully saturated rings. The quantitative estimate of drug-likeness (QED) is 0.909. The molecule has 1 saturated heterocycles. The summed E-state index contributed by atoms with van der Waals surface area (Å²) in [5, 5.41) is 7.55. The van der Waals surface area contributed by atoms with Crippen LogP contribution in [-0.2, 0) is 4.74 Å². The van der Waals surface area contributed by atoms with Crippen molar-refractivity contribution in [3.05, 3.63) is 11.7 Å². The Morgan fingerprint density at radius 3 is 3.11 bits per heavy atom. The van der Waals surface area contributed by atoms with Crippen LogP contribution in [0.3, 0.4) is 0 Å². The van der Waals surface area contributed by atoms with Crippen LogP contribution in [0.15, 0.2) is 4.52 Å². The maximum atomic E-state index is 5.44. The first kappa shape index (κ1) is 13.1. The van der Waals surface area contributed by atoms with Gasteiger partial charge in [-0.25, -0.2) is 0 Å². The summed E-state index contributed by atoms with van der Waals surface area (Å²) in [4.78, 5) is 4.61. The van der Waals surface area contributed by atoms with E-state index in [1.54, 1.807) is 0 Å². The molecule has 1 aliphatic heterocycles. The van der Waals surface area contributed by atoms with Gasteiger partial charge in [-0.15, -0.1) is 0 Å². The van der Waals surface area contributed by atoms with Crippen molar-refractivity contribution < 1.29 is 9.26 Å². The molecule has 1 aromatic heterocycles. The maximum absolute atomic E-state index is 5.44. The molecule has 1 aliphatic carbocycles. The second-order valence-electron chi connectivity index (χ2n) is 5.71. The number of aromatic nitrogens is 2. The predicted octanol–water partition coefficient (Wildman–Crippen LogP) is 2.41. The van der Waals surface area contributed by atoms with E-state index in [0.29, 0.717) is 18.4 Å². The smallest absolute Gasteiger partial charge is 0.246 e. The summed E-state index contributed by atoms with van der Waals surface area (Å²) in [5.74, 6) is 2.91. The molecule has 5 heteroatoms. The number of ether oxygens (including phenoxy) is 1. The van der Waals surface area contributed by atoms with Gasteiger partial charge >= 0.3 is 0 Å². The highest BCUT2D eigenvalue weighted by Crippen LogP contribution is 2.36. The highest BCUT2D eigenvalue weighted by molar-refractivity contribution is 5.01. The summed E-state index contributed by atoms with van der Waals surface area (Å²) in [6, 6.07) is 0.0700. The van der Waals surface area contributed by atoms with Crippen molar-refractivity contribution in [2.45, 2.75) is 51.0 Å². The number of nitrogens with one attached hydrogen (secondary N) is 1. The average molecular weight is 265 g/mol. The van der Waals surface area contributed by atoms with E-state index in [4.69, 9.17) is 9.26 Å². The lowest BCUT2D eigenvalue weighted by Crippen LogP contribution is -2.34. The van der Waals surface area contributed by atoms with Crippen LogP contribution in [-0.4, -0.2) is 29.9 Å².